The van der Waals surface area contributed by atoms with E-state index in [2.05, 4.69) is 5.32 Å². The molecule has 0 atom stereocenters. The van der Waals surface area contributed by atoms with Gasteiger partial charge < -0.3 is 10.1 Å². The lowest BCUT2D eigenvalue weighted by Crippen LogP contribution is -2.30. The Morgan fingerprint density at radius 1 is 0.917 bits per heavy atom. The Morgan fingerprint density at radius 2 is 1.64 bits per heavy atom. The van der Waals surface area contributed by atoms with Gasteiger partial charge in [-0.15, -0.1) is 0 Å². The molecule has 1 heterocycles. The van der Waals surface area contributed by atoms with E-state index in [4.69, 9.17) is 27.9 Å². The smallest absolute Gasteiger partial charge is 0.329 e. The van der Waals surface area contributed by atoms with Crippen molar-refractivity contribution in [3.8, 4) is 5.75 Å². The molecule has 1 fully saturated rings. The maximum atomic E-state index is 12.9. The van der Waals surface area contributed by atoms with E-state index in [-0.39, 0.29) is 12.2 Å². The summed E-state index contributed by atoms with van der Waals surface area (Å²) < 4.78 is 5.99. The summed E-state index contributed by atoms with van der Waals surface area (Å²) in [5, 5.41) is 5.47. The predicted octanol–water partition coefficient (Wildman–Crippen LogP) is 7.13. The van der Waals surface area contributed by atoms with Crippen LogP contribution < -0.4 is 10.1 Å². The van der Waals surface area contributed by atoms with Gasteiger partial charge in [0, 0.05) is 0 Å². The summed E-state index contributed by atoms with van der Waals surface area (Å²) in [6, 6.07) is 24.6. The fourth-order valence-corrected chi connectivity index (χ4v) is 4.86. The van der Waals surface area contributed by atoms with E-state index in [0.717, 1.165) is 27.5 Å². The van der Waals surface area contributed by atoms with Crippen molar-refractivity contribution in [2.75, 3.05) is 0 Å². The summed E-state index contributed by atoms with van der Waals surface area (Å²) in [7, 11) is 0. The summed E-state index contributed by atoms with van der Waals surface area (Å²) in [4.78, 5) is 26.5. The highest BCUT2D eigenvalue weighted by atomic mass is 35.5. The van der Waals surface area contributed by atoms with Crippen LogP contribution in [0.4, 0.5) is 4.79 Å². The van der Waals surface area contributed by atoms with Crippen molar-refractivity contribution in [2.24, 2.45) is 0 Å². The highest BCUT2D eigenvalue weighted by Gasteiger charge is 2.33. The van der Waals surface area contributed by atoms with Crippen LogP contribution in [0.3, 0.4) is 0 Å². The molecule has 5 rings (SSSR count). The number of imide groups is 1. The summed E-state index contributed by atoms with van der Waals surface area (Å²) in [5.74, 6) is -0.0543. The summed E-state index contributed by atoms with van der Waals surface area (Å²) in [6.45, 7) is 2.44. The van der Waals surface area contributed by atoms with Crippen molar-refractivity contribution in [1.29, 1.82) is 0 Å². The molecule has 7 heteroatoms. The van der Waals surface area contributed by atoms with Gasteiger partial charge in [-0.05, 0) is 52.6 Å². The van der Waals surface area contributed by atoms with Crippen LogP contribution in [0.15, 0.2) is 84.6 Å². The molecule has 1 aliphatic rings. The molecule has 0 aliphatic carbocycles. The molecule has 1 aliphatic heterocycles. The maximum absolute atomic E-state index is 12.9. The van der Waals surface area contributed by atoms with Crippen molar-refractivity contribution in [3.63, 3.8) is 0 Å². The third kappa shape index (κ3) is 4.94. The Balaban J connectivity index is 1.33. The molecule has 0 aromatic heterocycles. The average Bonchev–Trinajstić information content (AvgIpc) is 3.11. The number of hydrogen-bond acceptors (Lipinski definition) is 3. The van der Waals surface area contributed by atoms with Gasteiger partial charge in [0.15, 0.2) is 5.75 Å². The number of benzene rings is 4. The second kappa shape index (κ2) is 10.1. The number of nitrogens with zero attached hydrogens (tertiary/aromatic N) is 1. The topological polar surface area (TPSA) is 58.6 Å². The number of carbonyl (C=O) groups is 2. The number of aryl methyl sites for hydroxylation is 1. The fraction of sp³-hybridized carbons (Fsp3) is 0.103. The molecule has 3 amide bonds. The molecular weight excluding hydrogens is 495 g/mol. The van der Waals surface area contributed by atoms with Crippen molar-refractivity contribution >= 4 is 52.0 Å². The second-order valence-electron chi connectivity index (χ2n) is 8.61. The minimum atomic E-state index is -0.472. The van der Waals surface area contributed by atoms with E-state index in [1.54, 1.807) is 18.2 Å². The van der Waals surface area contributed by atoms with Crippen molar-refractivity contribution in [1.82, 2.24) is 10.2 Å². The van der Waals surface area contributed by atoms with Gasteiger partial charge in [0.2, 0.25) is 0 Å². The minimum absolute atomic E-state index is 0.157. The zero-order chi connectivity index (χ0) is 25.2. The first-order valence-electron chi connectivity index (χ1n) is 11.4. The fourth-order valence-electron chi connectivity index (χ4n) is 4.24. The van der Waals surface area contributed by atoms with Gasteiger partial charge >= 0.3 is 6.03 Å². The van der Waals surface area contributed by atoms with Crippen LogP contribution in [-0.4, -0.2) is 16.8 Å². The molecular formula is C29H22Cl2N2O3. The Bertz CT molecular complexity index is 1500. The zero-order valence-corrected chi connectivity index (χ0v) is 20.9. The van der Waals surface area contributed by atoms with Crippen LogP contribution >= 0.6 is 23.2 Å². The lowest BCUT2D eigenvalue weighted by Gasteiger charge is -2.13. The normalized spacial score (nSPS) is 14.5. The van der Waals surface area contributed by atoms with Crippen LogP contribution in [0.1, 0.15) is 22.3 Å². The molecule has 5 nitrogen and oxygen atoms in total. The van der Waals surface area contributed by atoms with Gasteiger partial charge in [-0.3, -0.25) is 9.69 Å². The summed E-state index contributed by atoms with van der Waals surface area (Å²) >= 11 is 13.0. The molecule has 36 heavy (non-hydrogen) atoms. The van der Waals surface area contributed by atoms with Gasteiger partial charge in [0.05, 0.1) is 16.6 Å². The van der Waals surface area contributed by atoms with Gasteiger partial charge in [0.1, 0.15) is 12.3 Å². The Labute approximate surface area is 218 Å². The van der Waals surface area contributed by atoms with Crippen LogP contribution in [0.5, 0.6) is 5.75 Å². The Morgan fingerprint density at radius 3 is 2.42 bits per heavy atom. The Kier molecular flexibility index (Phi) is 6.68. The van der Waals surface area contributed by atoms with Gasteiger partial charge in [-0.25, -0.2) is 4.79 Å². The molecule has 0 radical (unpaired) electrons. The first-order chi connectivity index (χ1) is 17.4. The predicted molar refractivity (Wildman–Crippen MR) is 143 cm³/mol. The number of ether oxygens (including phenoxy) is 1. The van der Waals surface area contributed by atoms with E-state index < -0.39 is 11.9 Å². The number of urea groups is 1. The number of carbonyl (C=O) groups excluding carboxylic acids is 2. The molecule has 4 aromatic carbocycles. The number of nitrogens with one attached hydrogen (secondary N) is 1. The molecule has 180 valence electrons. The van der Waals surface area contributed by atoms with Gasteiger partial charge in [-0.2, -0.15) is 0 Å². The third-order valence-electron chi connectivity index (χ3n) is 5.97. The molecule has 1 N–H and O–H groups in total. The quantitative estimate of drug-likeness (QED) is 0.219. The minimum Gasteiger partial charge on any atom is -0.486 e. The number of halogens is 2. The van der Waals surface area contributed by atoms with E-state index >= 15 is 0 Å². The molecule has 4 aromatic rings. The van der Waals surface area contributed by atoms with Crippen molar-refractivity contribution < 1.29 is 14.3 Å². The molecule has 0 saturated carbocycles. The SMILES string of the molecule is Cc1cccc(CN2C(=O)N/C(=C/c3cc(Cl)c(OCc4cccc5ccccc45)c(Cl)c3)C2=O)c1. The van der Waals surface area contributed by atoms with E-state index in [9.17, 15) is 9.59 Å². The Hall–Kier alpha value is -3.80. The largest absolute Gasteiger partial charge is 0.486 e. The summed E-state index contributed by atoms with van der Waals surface area (Å²) in [6.07, 6.45) is 1.56. The van der Waals surface area contributed by atoms with Crippen LogP contribution in [0.2, 0.25) is 10.0 Å². The number of rotatable bonds is 6. The van der Waals surface area contributed by atoms with E-state index in [1.807, 2.05) is 73.7 Å². The van der Waals surface area contributed by atoms with Crippen LogP contribution in [0, 0.1) is 6.92 Å². The van der Waals surface area contributed by atoms with Gasteiger partial charge in [0.25, 0.3) is 5.91 Å². The lowest BCUT2D eigenvalue weighted by molar-refractivity contribution is -0.123. The third-order valence-corrected chi connectivity index (χ3v) is 6.53. The van der Waals surface area contributed by atoms with Crippen molar-refractivity contribution in [2.45, 2.75) is 20.1 Å². The zero-order valence-electron chi connectivity index (χ0n) is 19.4. The molecule has 0 spiro atoms. The standard InChI is InChI=1S/C29H22Cl2N2O3/c1-18-6-4-7-19(12-18)16-33-28(34)26(32-29(33)35)15-20-13-24(30)27(25(31)14-20)36-17-22-10-5-9-21-8-2-3-11-23(21)22/h2-15H,16-17H2,1H3,(H,32,35)/b26-15+. The second-order valence-corrected chi connectivity index (χ2v) is 9.42. The number of fused-ring (bicyclic) bond motifs is 1. The van der Waals surface area contributed by atoms with Gasteiger partial charge in [-0.1, -0.05) is 95.5 Å². The maximum Gasteiger partial charge on any atom is 0.329 e. The molecule has 0 unspecified atom stereocenters. The summed E-state index contributed by atoms with van der Waals surface area (Å²) in [5.41, 5.74) is 3.67. The lowest BCUT2D eigenvalue weighted by atomic mass is 10.1. The first-order valence-corrected chi connectivity index (χ1v) is 12.1. The first kappa shape index (κ1) is 23.9. The molecule has 1 saturated heterocycles. The number of hydrogen-bond donors (Lipinski definition) is 1. The van der Waals surface area contributed by atoms with E-state index in [0.29, 0.717) is 28.0 Å². The highest BCUT2D eigenvalue weighted by molar-refractivity contribution is 6.37. The monoisotopic (exact) mass is 516 g/mol. The average molecular weight is 517 g/mol. The highest BCUT2D eigenvalue weighted by Crippen LogP contribution is 2.36. The van der Waals surface area contributed by atoms with Crippen molar-refractivity contribution in [3.05, 3.63) is 117 Å². The number of amides is 3. The molecule has 0 bridgehead atoms. The van der Waals surface area contributed by atoms with Crippen LogP contribution in [-0.2, 0) is 17.9 Å². The van der Waals surface area contributed by atoms with Crippen LogP contribution in [0.25, 0.3) is 16.8 Å². The van der Waals surface area contributed by atoms with E-state index in [1.165, 1.54) is 4.90 Å².